The van der Waals surface area contributed by atoms with Crippen molar-refractivity contribution in [2.45, 2.75) is 25.8 Å². The van der Waals surface area contributed by atoms with Crippen molar-refractivity contribution in [1.29, 1.82) is 0 Å². The Labute approximate surface area is 103 Å². The fourth-order valence-corrected chi connectivity index (χ4v) is 2.72. The largest absolute Gasteiger partial charge is 0.329 e. The molecule has 2 N–H and O–H groups in total. The van der Waals surface area contributed by atoms with Crippen molar-refractivity contribution in [2.75, 3.05) is 19.6 Å². The summed E-state index contributed by atoms with van der Waals surface area (Å²) >= 11 is 0. The smallest absolute Gasteiger partial charge is 0.123 e. The molecule has 1 aliphatic heterocycles. The van der Waals surface area contributed by atoms with E-state index in [2.05, 4.69) is 11.8 Å². The van der Waals surface area contributed by atoms with Crippen LogP contribution in [0.1, 0.15) is 31.4 Å². The van der Waals surface area contributed by atoms with E-state index in [1.807, 2.05) is 6.07 Å². The highest BCUT2D eigenvalue weighted by Gasteiger charge is 2.24. The fourth-order valence-electron chi connectivity index (χ4n) is 2.72. The SMILES string of the molecule is C[C@H]1CCCN([C@H](CN)c2cccc(F)c2)C1. The van der Waals surface area contributed by atoms with Crippen LogP contribution in [0.4, 0.5) is 4.39 Å². The number of hydrogen-bond donors (Lipinski definition) is 1. The van der Waals surface area contributed by atoms with E-state index < -0.39 is 0 Å². The zero-order valence-corrected chi connectivity index (χ0v) is 10.4. The third-order valence-corrected chi connectivity index (χ3v) is 3.59. The first-order valence-electron chi connectivity index (χ1n) is 6.40. The molecule has 1 aromatic rings. The average molecular weight is 236 g/mol. The first kappa shape index (κ1) is 12.5. The van der Waals surface area contributed by atoms with E-state index in [-0.39, 0.29) is 11.9 Å². The van der Waals surface area contributed by atoms with Crippen LogP contribution in [0, 0.1) is 11.7 Å². The standard InChI is InChI=1S/C14H21FN2/c1-11-4-3-7-17(10-11)14(9-16)12-5-2-6-13(15)8-12/h2,5-6,8,11,14H,3-4,7,9-10,16H2,1H3/t11-,14+/m0/s1. The number of nitrogens with two attached hydrogens (primary N) is 1. The summed E-state index contributed by atoms with van der Waals surface area (Å²) in [5.74, 6) is 0.539. The number of hydrogen-bond acceptors (Lipinski definition) is 2. The van der Waals surface area contributed by atoms with Crippen molar-refractivity contribution < 1.29 is 4.39 Å². The molecule has 3 heteroatoms. The number of likely N-dealkylation sites (tertiary alicyclic amines) is 1. The maximum atomic E-state index is 13.2. The minimum atomic E-state index is -0.175. The fraction of sp³-hybridized carbons (Fsp3) is 0.571. The van der Waals surface area contributed by atoms with Gasteiger partial charge in [0.05, 0.1) is 0 Å². The van der Waals surface area contributed by atoms with Crippen LogP contribution in [0.2, 0.25) is 0 Å². The van der Waals surface area contributed by atoms with E-state index in [1.165, 1.54) is 18.9 Å². The Balaban J connectivity index is 2.15. The minimum Gasteiger partial charge on any atom is -0.329 e. The first-order valence-corrected chi connectivity index (χ1v) is 6.40. The molecule has 0 aliphatic carbocycles. The predicted octanol–water partition coefficient (Wildman–Crippen LogP) is 2.56. The summed E-state index contributed by atoms with van der Waals surface area (Å²) in [5, 5.41) is 0. The molecule has 2 atom stereocenters. The second-order valence-corrected chi connectivity index (χ2v) is 5.05. The lowest BCUT2D eigenvalue weighted by atomic mass is 9.96. The second-order valence-electron chi connectivity index (χ2n) is 5.05. The maximum absolute atomic E-state index is 13.2. The molecule has 2 rings (SSSR count). The molecule has 0 saturated carbocycles. The summed E-state index contributed by atoms with van der Waals surface area (Å²) < 4.78 is 13.2. The van der Waals surface area contributed by atoms with Crippen molar-refractivity contribution in [3.63, 3.8) is 0 Å². The Morgan fingerprint density at radius 2 is 2.35 bits per heavy atom. The topological polar surface area (TPSA) is 29.3 Å². The van der Waals surface area contributed by atoms with Gasteiger partial charge in [0, 0.05) is 19.1 Å². The number of rotatable bonds is 3. The summed E-state index contributed by atoms with van der Waals surface area (Å²) in [7, 11) is 0. The summed E-state index contributed by atoms with van der Waals surface area (Å²) in [6, 6.07) is 6.99. The third kappa shape index (κ3) is 3.05. The predicted molar refractivity (Wildman–Crippen MR) is 68.2 cm³/mol. The van der Waals surface area contributed by atoms with Gasteiger partial charge in [-0.25, -0.2) is 4.39 Å². The van der Waals surface area contributed by atoms with Crippen LogP contribution in [0.3, 0.4) is 0 Å². The molecule has 1 heterocycles. The van der Waals surface area contributed by atoms with Gasteiger partial charge in [-0.1, -0.05) is 19.1 Å². The van der Waals surface area contributed by atoms with Crippen molar-refractivity contribution in [2.24, 2.45) is 11.7 Å². The Bertz CT molecular complexity index is 367. The van der Waals surface area contributed by atoms with Crippen LogP contribution in [-0.4, -0.2) is 24.5 Å². The first-order chi connectivity index (χ1) is 8.20. The van der Waals surface area contributed by atoms with Gasteiger partial charge < -0.3 is 5.73 Å². The van der Waals surface area contributed by atoms with Crippen molar-refractivity contribution in [3.8, 4) is 0 Å². The average Bonchev–Trinajstić information content (AvgIpc) is 2.30. The Morgan fingerprint density at radius 3 is 3.00 bits per heavy atom. The summed E-state index contributed by atoms with van der Waals surface area (Å²) in [6.07, 6.45) is 2.50. The van der Waals surface area contributed by atoms with Gasteiger partial charge in [0.2, 0.25) is 0 Å². The summed E-state index contributed by atoms with van der Waals surface area (Å²) in [5.41, 5.74) is 6.87. The van der Waals surface area contributed by atoms with E-state index in [0.29, 0.717) is 12.5 Å². The highest BCUT2D eigenvalue weighted by molar-refractivity contribution is 5.20. The summed E-state index contributed by atoms with van der Waals surface area (Å²) in [4.78, 5) is 2.39. The molecule has 2 nitrogen and oxygen atoms in total. The highest BCUT2D eigenvalue weighted by atomic mass is 19.1. The van der Waals surface area contributed by atoms with Gasteiger partial charge in [-0.2, -0.15) is 0 Å². The van der Waals surface area contributed by atoms with Crippen LogP contribution >= 0.6 is 0 Å². The lowest BCUT2D eigenvalue weighted by Gasteiger charge is -2.37. The van der Waals surface area contributed by atoms with E-state index in [0.717, 1.165) is 18.7 Å². The normalized spacial score (nSPS) is 23.6. The molecule has 94 valence electrons. The molecule has 0 aromatic heterocycles. The molecule has 0 radical (unpaired) electrons. The Hall–Kier alpha value is -0.930. The number of halogens is 1. The van der Waals surface area contributed by atoms with E-state index in [9.17, 15) is 4.39 Å². The minimum absolute atomic E-state index is 0.161. The molecule has 0 spiro atoms. The van der Waals surface area contributed by atoms with E-state index in [4.69, 9.17) is 5.73 Å². The molecule has 0 bridgehead atoms. The van der Waals surface area contributed by atoms with Gasteiger partial charge in [0.25, 0.3) is 0 Å². The van der Waals surface area contributed by atoms with Crippen molar-refractivity contribution in [1.82, 2.24) is 4.90 Å². The van der Waals surface area contributed by atoms with E-state index >= 15 is 0 Å². The zero-order chi connectivity index (χ0) is 12.3. The van der Waals surface area contributed by atoms with Crippen LogP contribution in [0.5, 0.6) is 0 Å². The molecule has 1 saturated heterocycles. The lowest BCUT2D eigenvalue weighted by Crippen LogP contribution is -2.40. The van der Waals surface area contributed by atoms with Gasteiger partial charge in [-0.15, -0.1) is 0 Å². The van der Waals surface area contributed by atoms with E-state index in [1.54, 1.807) is 12.1 Å². The van der Waals surface area contributed by atoms with Gasteiger partial charge >= 0.3 is 0 Å². The Kier molecular flexibility index (Phi) is 4.13. The van der Waals surface area contributed by atoms with Crippen LogP contribution in [-0.2, 0) is 0 Å². The second kappa shape index (κ2) is 5.61. The number of piperidine rings is 1. The number of benzene rings is 1. The molecule has 0 amide bonds. The van der Waals surface area contributed by atoms with Crippen LogP contribution in [0.15, 0.2) is 24.3 Å². The van der Waals surface area contributed by atoms with Gasteiger partial charge in [-0.05, 0) is 43.0 Å². The third-order valence-electron chi connectivity index (χ3n) is 3.59. The van der Waals surface area contributed by atoms with Gasteiger partial charge in [-0.3, -0.25) is 4.90 Å². The number of nitrogens with zero attached hydrogens (tertiary/aromatic N) is 1. The van der Waals surface area contributed by atoms with Crippen molar-refractivity contribution in [3.05, 3.63) is 35.6 Å². The molecular formula is C14H21FN2. The van der Waals surface area contributed by atoms with Crippen molar-refractivity contribution >= 4 is 0 Å². The van der Waals surface area contributed by atoms with Crippen LogP contribution < -0.4 is 5.73 Å². The molecule has 1 aliphatic rings. The maximum Gasteiger partial charge on any atom is 0.123 e. The summed E-state index contributed by atoms with van der Waals surface area (Å²) in [6.45, 7) is 4.96. The highest BCUT2D eigenvalue weighted by Crippen LogP contribution is 2.26. The van der Waals surface area contributed by atoms with Crippen LogP contribution in [0.25, 0.3) is 0 Å². The quantitative estimate of drug-likeness (QED) is 0.874. The lowest BCUT2D eigenvalue weighted by molar-refractivity contribution is 0.133. The molecule has 1 fully saturated rings. The monoisotopic (exact) mass is 236 g/mol. The van der Waals surface area contributed by atoms with Gasteiger partial charge in [0.1, 0.15) is 5.82 Å². The zero-order valence-electron chi connectivity index (χ0n) is 10.4. The molecule has 1 aromatic carbocycles. The molecule has 0 unspecified atom stereocenters. The molecule has 17 heavy (non-hydrogen) atoms. The Morgan fingerprint density at radius 1 is 1.53 bits per heavy atom. The van der Waals surface area contributed by atoms with Gasteiger partial charge in [0.15, 0.2) is 0 Å². The molecular weight excluding hydrogens is 215 g/mol.